The zero-order chi connectivity index (χ0) is 17.8. The second-order valence-corrected chi connectivity index (χ2v) is 5.46. The first-order valence-electron chi connectivity index (χ1n) is 7.63. The zero-order valence-electron chi connectivity index (χ0n) is 13.5. The van der Waals surface area contributed by atoms with Crippen molar-refractivity contribution in [3.63, 3.8) is 0 Å². The molecule has 25 heavy (non-hydrogen) atoms. The van der Waals surface area contributed by atoms with Gasteiger partial charge >= 0.3 is 6.09 Å². The van der Waals surface area contributed by atoms with Gasteiger partial charge in [-0.05, 0) is 36.8 Å². The van der Waals surface area contributed by atoms with Gasteiger partial charge in [-0.25, -0.2) is 4.79 Å². The minimum absolute atomic E-state index is 0.0567. The summed E-state index contributed by atoms with van der Waals surface area (Å²) in [5.41, 5.74) is 1.10. The van der Waals surface area contributed by atoms with Crippen LogP contribution >= 0.6 is 0 Å². The van der Waals surface area contributed by atoms with E-state index in [1.165, 1.54) is 16.8 Å². The number of benzene rings is 1. The van der Waals surface area contributed by atoms with Crippen molar-refractivity contribution < 1.29 is 9.90 Å². The summed E-state index contributed by atoms with van der Waals surface area (Å²) in [5.74, 6) is 0.336. The number of hydrogen-bond donors (Lipinski definition) is 1. The number of rotatable bonds is 4. The lowest BCUT2D eigenvalue weighted by Gasteiger charge is -2.19. The van der Waals surface area contributed by atoms with Crippen LogP contribution in [0.2, 0.25) is 0 Å². The van der Waals surface area contributed by atoms with Gasteiger partial charge in [0, 0.05) is 6.20 Å². The molecule has 0 radical (unpaired) electrons. The van der Waals surface area contributed by atoms with Crippen LogP contribution in [-0.4, -0.2) is 26.0 Å². The van der Waals surface area contributed by atoms with E-state index in [0.717, 1.165) is 16.2 Å². The van der Waals surface area contributed by atoms with Gasteiger partial charge in [-0.2, -0.15) is 5.10 Å². The highest BCUT2D eigenvalue weighted by Crippen LogP contribution is 2.14. The fourth-order valence-corrected chi connectivity index (χ4v) is 2.41. The largest absolute Gasteiger partial charge is 0.465 e. The lowest BCUT2D eigenvalue weighted by Crippen LogP contribution is -2.35. The Labute approximate surface area is 143 Å². The first-order chi connectivity index (χ1) is 12.1. The fraction of sp³-hybridized carbons (Fsp3) is 0.111. The Bertz CT molecular complexity index is 937. The molecule has 0 aliphatic heterocycles. The molecule has 1 aromatic carbocycles. The van der Waals surface area contributed by atoms with Crippen LogP contribution in [0.15, 0.2) is 65.6 Å². The molecule has 7 nitrogen and oxygen atoms in total. The van der Waals surface area contributed by atoms with Gasteiger partial charge in [-0.3, -0.25) is 14.3 Å². The second-order valence-electron chi connectivity index (χ2n) is 5.46. The summed E-state index contributed by atoms with van der Waals surface area (Å²) in [6.45, 7) is 1.87. The molecule has 0 saturated carbocycles. The van der Waals surface area contributed by atoms with Crippen molar-refractivity contribution in [2.24, 2.45) is 0 Å². The van der Waals surface area contributed by atoms with Gasteiger partial charge in [-0.15, -0.1) is 5.10 Å². The maximum atomic E-state index is 12.8. The Kier molecular flexibility index (Phi) is 4.56. The molecule has 0 spiro atoms. The molecule has 3 rings (SSSR count). The molecular weight excluding hydrogens is 320 g/mol. The van der Waals surface area contributed by atoms with Crippen molar-refractivity contribution in [1.82, 2.24) is 14.8 Å². The molecule has 3 aromatic rings. The lowest BCUT2D eigenvalue weighted by molar-refractivity contribution is 0.201. The van der Waals surface area contributed by atoms with Crippen molar-refractivity contribution in [2.45, 2.75) is 13.5 Å². The first kappa shape index (κ1) is 16.4. The Hall–Kier alpha value is -3.48. The first-order valence-corrected chi connectivity index (χ1v) is 7.63. The number of carbonyl (C=O) groups is 1. The number of amides is 1. The van der Waals surface area contributed by atoms with E-state index in [2.05, 4.69) is 10.2 Å². The number of aryl methyl sites for hydroxylation is 1. The van der Waals surface area contributed by atoms with Gasteiger partial charge in [0.15, 0.2) is 5.82 Å². The monoisotopic (exact) mass is 336 g/mol. The molecule has 0 aliphatic carbocycles. The molecule has 0 unspecified atom stereocenters. The minimum Gasteiger partial charge on any atom is -0.465 e. The maximum absolute atomic E-state index is 12.8. The van der Waals surface area contributed by atoms with E-state index in [9.17, 15) is 14.7 Å². The molecule has 0 fully saturated rings. The Balaban J connectivity index is 2.03. The molecule has 2 heterocycles. The zero-order valence-corrected chi connectivity index (χ0v) is 13.5. The van der Waals surface area contributed by atoms with Crippen LogP contribution in [0.1, 0.15) is 11.3 Å². The molecule has 0 bridgehead atoms. The number of pyridine rings is 1. The average Bonchev–Trinajstić information content (AvgIpc) is 2.62. The van der Waals surface area contributed by atoms with E-state index in [0.29, 0.717) is 5.82 Å². The predicted molar refractivity (Wildman–Crippen MR) is 93.0 cm³/mol. The smallest absolute Gasteiger partial charge is 0.412 e. The van der Waals surface area contributed by atoms with Crippen LogP contribution in [-0.2, 0) is 6.54 Å². The Morgan fingerprint density at radius 3 is 2.48 bits per heavy atom. The molecule has 126 valence electrons. The summed E-state index contributed by atoms with van der Waals surface area (Å²) in [4.78, 5) is 25.5. The third kappa shape index (κ3) is 3.55. The summed E-state index contributed by atoms with van der Waals surface area (Å²) >= 11 is 0. The molecule has 2 aromatic heterocycles. The molecule has 0 saturated heterocycles. The quantitative estimate of drug-likeness (QED) is 0.791. The number of aromatic nitrogens is 3. The van der Waals surface area contributed by atoms with Crippen LogP contribution in [0.3, 0.4) is 0 Å². The lowest BCUT2D eigenvalue weighted by atomic mass is 10.2. The highest BCUT2D eigenvalue weighted by Gasteiger charge is 2.19. The Morgan fingerprint density at radius 1 is 1.08 bits per heavy atom. The van der Waals surface area contributed by atoms with Gasteiger partial charge in [-0.1, -0.05) is 30.3 Å². The van der Waals surface area contributed by atoms with Crippen molar-refractivity contribution >= 4 is 11.8 Å². The van der Waals surface area contributed by atoms with E-state index in [1.54, 1.807) is 25.1 Å². The molecular formula is C18H16N4O3. The highest BCUT2D eigenvalue weighted by molar-refractivity contribution is 5.85. The summed E-state index contributed by atoms with van der Waals surface area (Å²) in [6.07, 6.45) is 0.335. The standard InChI is InChI=1S/C18H16N4O3/c1-13-9-10-16(20-19-13)21-11-5-8-15(17(21)23)22(18(24)25)12-14-6-3-2-4-7-14/h2-11H,12H2,1H3,(H,24,25). The van der Waals surface area contributed by atoms with E-state index < -0.39 is 11.7 Å². The minimum atomic E-state index is -1.20. The summed E-state index contributed by atoms with van der Waals surface area (Å²) in [6, 6.07) is 15.6. The average molecular weight is 336 g/mol. The Morgan fingerprint density at radius 2 is 1.84 bits per heavy atom. The van der Waals surface area contributed by atoms with Crippen molar-refractivity contribution in [2.75, 3.05) is 4.90 Å². The molecule has 0 atom stereocenters. The molecule has 7 heteroatoms. The third-order valence-corrected chi connectivity index (χ3v) is 3.66. The summed E-state index contributed by atoms with van der Waals surface area (Å²) < 4.78 is 1.28. The number of anilines is 1. The normalized spacial score (nSPS) is 10.4. The van der Waals surface area contributed by atoms with Crippen LogP contribution in [0.5, 0.6) is 0 Å². The van der Waals surface area contributed by atoms with E-state index in [4.69, 9.17) is 0 Å². The fourth-order valence-electron chi connectivity index (χ4n) is 2.41. The predicted octanol–water partition coefficient (Wildman–Crippen LogP) is 2.62. The van der Waals surface area contributed by atoms with Gasteiger partial charge in [0.2, 0.25) is 0 Å². The number of nitrogens with zero attached hydrogens (tertiary/aromatic N) is 4. The van der Waals surface area contributed by atoms with Gasteiger partial charge in [0.05, 0.1) is 12.2 Å². The van der Waals surface area contributed by atoms with Gasteiger partial charge < -0.3 is 5.11 Å². The van der Waals surface area contributed by atoms with Crippen LogP contribution in [0, 0.1) is 6.92 Å². The molecule has 1 N–H and O–H groups in total. The second kappa shape index (κ2) is 6.96. The van der Waals surface area contributed by atoms with Gasteiger partial charge in [0.25, 0.3) is 5.56 Å². The third-order valence-electron chi connectivity index (χ3n) is 3.66. The number of hydrogen-bond acceptors (Lipinski definition) is 4. The molecule has 1 amide bonds. The summed E-state index contributed by atoms with van der Waals surface area (Å²) in [5, 5.41) is 17.5. The van der Waals surface area contributed by atoms with Crippen LogP contribution in [0.25, 0.3) is 5.82 Å². The van der Waals surface area contributed by atoms with Crippen molar-refractivity contribution in [3.05, 3.63) is 82.4 Å². The highest BCUT2D eigenvalue weighted by atomic mass is 16.4. The number of carboxylic acid groups (broad SMARTS) is 1. The SMILES string of the molecule is Cc1ccc(-n2cccc(N(Cc3ccccc3)C(=O)O)c2=O)nn1. The summed E-state index contributed by atoms with van der Waals surface area (Å²) in [7, 11) is 0. The topological polar surface area (TPSA) is 88.3 Å². The van der Waals surface area contributed by atoms with E-state index in [-0.39, 0.29) is 12.2 Å². The maximum Gasteiger partial charge on any atom is 0.412 e. The van der Waals surface area contributed by atoms with E-state index in [1.807, 2.05) is 30.3 Å². The van der Waals surface area contributed by atoms with Crippen LogP contribution < -0.4 is 10.5 Å². The van der Waals surface area contributed by atoms with E-state index >= 15 is 0 Å². The van der Waals surface area contributed by atoms with Crippen molar-refractivity contribution in [3.8, 4) is 5.82 Å². The molecule has 0 aliphatic rings. The van der Waals surface area contributed by atoms with Crippen molar-refractivity contribution in [1.29, 1.82) is 0 Å². The van der Waals surface area contributed by atoms with Gasteiger partial charge in [0.1, 0.15) is 5.69 Å². The van der Waals surface area contributed by atoms with Crippen LogP contribution in [0.4, 0.5) is 10.5 Å².